The number of hydrogen-bond donors (Lipinski definition) is 2. The third-order valence-electron chi connectivity index (χ3n) is 3.31. The van der Waals surface area contributed by atoms with Gasteiger partial charge in [0.05, 0.1) is 0 Å². The monoisotopic (exact) mass is 309 g/mol. The van der Waals surface area contributed by atoms with Crippen LogP contribution in [0.25, 0.3) is 0 Å². The molecule has 2 rings (SSSR count). The average Bonchev–Trinajstić information content (AvgIpc) is 3.13. The molecule has 1 fully saturated rings. The zero-order valence-electron chi connectivity index (χ0n) is 10.7. The van der Waals surface area contributed by atoms with Crippen LogP contribution in [-0.4, -0.2) is 18.4 Å². The maximum atomic E-state index is 7.50. The van der Waals surface area contributed by atoms with E-state index in [1.807, 2.05) is 6.07 Å². The van der Waals surface area contributed by atoms with Crippen molar-refractivity contribution in [2.24, 2.45) is 5.73 Å². The SMILES string of the molecule is CCCCN(c1ccc(C(=N)N)c(Br)c1)C1CC1. The van der Waals surface area contributed by atoms with Crippen molar-refractivity contribution in [3.05, 3.63) is 28.2 Å². The standard InChI is InChI=1S/C14H20BrN3/c1-2-3-8-18(10-4-5-10)11-6-7-12(14(16)17)13(15)9-11/h6-7,9-10H,2-5,8H2,1H3,(H3,16,17). The number of nitrogen functional groups attached to an aromatic ring is 1. The molecule has 3 N–H and O–H groups in total. The van der Waals surface area contributed by atoms with Crippen molar-refractivity contribution in [1.29, 1.82) is 5.41 Å². The highest BCUT2D eigenvalue weighted by molar-refractivity contribution is 9.10. The second-order valence-electron chi connectivity index (χ2n) is 4.86. The number of nitrogens with two attached hydrogens (primary N) is 1. The number of benzene rings is 1. The summed E-state index contributed by atoms with van der Waals surface area (Å²) >= 11 is 3.51. The van der Waals surface area contributed by atoms with E-state index in [2.05, 4.69) is 39.9 Å². The zero-order chi connectivity index (χ0) is 13.1. The maximum Gasteiger partial charge on any atom is 0.123 e. The maximum absolute atomic E-state index is 7.50. The van der Waals surface area contributed by atoms with Gasteiger partial charge in [-0.2, -0.15) is 0 Å². The molecule has 0 radical (unpaired) electrons. The molecule has 1 aromatic carbocycles. The highest BCUT2D eigenvalue weighted by atomic mass is 79.9. The van der Waals surface area contributed by atoms with Crippen LogP contribution in [0.3, 0.4) is 0 Å². The Bertz CT molecular complexity index is 441. The molecule has 1 aromatic rings. The molecular weight excluding hydrogens is 290 g/mol. The Labute approximate surface area is 117 Å². The highest BCUT2D eigenvalue weighted by Gasteiger charge is 2.29. The van der Waals surface area contributed by atoms with Gasteiger partial charge in [-0.15, -0.1) is 0 Å². The van der Waals surface area contributed by atoms with Crippen LogP contribution >= 0.6 is 15.9 Å². The fourth-order valence-electron chi connectivity index (χ4n) is 2.14. The predicted molar refractivity (Wildman–Crippen MR) is 80.4 cm³/mol. The average molecular weight is 310 g/mol. The van der Waals surface area contributed by atoms with Gasteiger partial charge < -0.3 is 10.6 Å². The molecule has 0 saturated heterocycles. The third-order valence-corrected chi connectivity index (χ3v) is 3.97. The Morgan fingerprint density at radius 1 is 1.50 bits per heavy atom. The predicted octanol–water partition coefficient (Wildman–Crippen LogP) is 3.50. The first-order valence-corrected chi connectivity index (χ1v) is 7.33. The number of nitrogens with one attached hydrogen (secondary N) is 1. The van der Waals surface area contributed by atoms with Gasteiger partial charge in [-0.25, -0.2) is 0 Å². The largest absolute Gasteiger partial charge is 0.384 e. The second kappa shape index (κ2) is 5.74. The fourth-order valence-corrected chi connectivity index (χ4v) is 2.72. The minimum atomic E-state index is 0.111. The van der Waals surface area contributed by atoms with Crippen molar-refractivity contribution in [3.63, 3.8) is 0 Å². The first-order chi connectivity index (χ1) is 8.63. The molecule has 1 saturated carbocycles. The van der Waals surface area contributed by atoms with Gasteiger partial charge in [-0.05, 0) is 53.4 Å². The van der Waals surface area contributed by atoms with E-state index in [-0.39, 0.29) is 5.84 Å². The summed E-state index contributed by atoms with van der Waals surface area (Å²) in [5.74, 6) is 0.111. The molecule has 0 spiro atoms. The molecule has 0 aliphatic heterocycles. The molecule has 1 aliphatic carbocycles. The van der Waals surface area contributed by atoms with Crippen molar-refractivity contribution >= 4 is 27.5 Å². The van der Waals surface area contributed by atoms with E-state index < -0.39 is 0 Å². The van der Waals surface area contributed by atoms with Gasteiger partial charge in [0.15, 0.2) is 0 Å². The van der Waals surface area contributed by atoms with Crippen molar-refractivity contribution in [1.82, 2.24) is 0 Å². The van der Waals surface area contributed by atoms with Gasteiger partial charge in [0.1, 0.15) is 5.84 Å². The number of anilines is 1. The Balaban J connectivity index is 2.19. The van der Waals surface area contributed by atoms with E-state index in [0.29, 0.717) is 6.04 Å². The summed E-state index contributed by atoms with van der Waals surface area (Å²) in [5.41, 5.74) is 7.54. The third kappa shape index (κ3) is 3.05. The first kappa shape index (κ1) is 13.4. The Morgan fingerprint density at radius 3 is 2.72 bits per heavy atom. The van der Waals surface area contributed by atoms with Crippen molar-refractivity contribution in [2.75, 3.05) is 11.4 Å². The summed E-state index contributed by atoms with van der Waals surface area (Å²) in [5, 5.41) is 7.50. The van der Waals surface area contributed by atoms with Gasteiger partial charge in [0.2, 0.25) is 0 Å². The van der Waals surface area contributed by atoms with Crippen LogP contribution < -0.4 is 10.6 Å². The number of halogens is 1. The van der Waals surface area contributed by atoms with Crippen molar-refractivity contribution in [3.8, 4) is 0 Å². The lowest BCUT2D eigenvalue weighted by Gasteiger charge is -2.25. The topological polar surface area (TPSA) is 53.1 Å². The molecule has 18 heavy (non-hydrogen) atoms. The molecule has 4 heteroatoms. The molecule has 0 bridgehead atoms. The van der Waals surface area contributed by atoms with Crippen molar-refractivity contribution < 1.29 is 0 Å². The smallest absolute Gasteiger partial charge is 0.123 e. The van der Waals surface area contributed by atoms with Crippen LogP contribution in [0.4, 0.5) is 5.69 Å². The quantitative estimate of drug-likeness (QED) is 0.624. The van der Waals surface area contributed by atoms with Crippen LogP contribution in [-0.2, 0) is 0 Å². The fraction of sp³-hybridized carbons (Fsp3) is 0.500. The van der Waals surface area contributed by atoms with E-state index in [1.165, 1.54) is 31.4 Å². The van der Waals surface area contributed by atoms with E-state index in [4.69, 9.17) is 11.1 Å². The van der Waals surface area contributed by atoms with Gasteiger partial charge in [-0.1, -0.05) is 13.3 Å². The van der Waals surface area contributed by atoms with E-state index in [0.717, 1.165) is 16.6 Å². The summed E-state index contributed by atoms with van der Waals surface area (Å²) in [7, 11) is 0. The molecule has 0 atom stereocenters. The summed E-state index contributed by atoms with van der Waals surface area (Å²) in [6.45, 7) is 3.34. The lowest BCUT2D eigenvalue weighted by molar-refractivity contribution is 0.713. The lowest BCUT2D eigenvalue weighted by Crippen LogP contribution is -2.27. The summed E-state index contributed by atoms with van der Waals surface area (Å²) in [6, 6.07) is 6.81. The van der Waals surface area contributed by atoms with Crippen LogP contribution in [0.1, 0.15) is 38.2 Å². The molecule has 0 heterocycles. The number of unbranched alkanes of at least 4 members (excludes halogenated alkanes) is 1. The molecule has 98 valence electrons. The minimum absolute atomic E-state index is 0.111. The van der Waals surface area contributed by atoms with E-state index in [1.54, 1.807) is 0 Å². The second-order valence-corrected chi connectivity index (χ2v) is 5.71. The molecule has 0 aromatic heterocycles. The Hall–Kier alpha value is -1.03. The summed E-state index contributed by atoms with van der Waals surface area (Å²) in [6.07, 6.45) is 5.05. The Kier molecular flexibility index (Phi) is 4.27. The number of hydrogen-bond acceptors (Lipinski definition) is 2. The minimum Gasteiger partial charge on any atom is -0.384 e. The summed E-state index contributed by atoms with van der Waals surface area (Å²) < 4.78 is 0.912. The van der Waals surface area contributed by atoms with Gasteiger partial charge in [0.25, 0.3) is 0 Å². The summed E-state index contributed by atoms with van der Waals surface area (Å²) in [4.78, 5) is 2.48. The molecule has 0 amide bonds. The van der Waals surface area contributed by atoms with Crippen LogP contribution in [0, 0.1) is 5.41 Å². The van der Waals surface area contributed by atoms with Crippen LogP contribution in [0.2, 0.25) is 0 Å². The Morgan fingerprint density at radius 2 is 2.22 bits per heavy atom. The zero-order valence-corrected chi connectivity index (χ0v) is 12.3. The highest BCUT2D eigenvalue weighted by Crippen LogP contribution is 2.33. The number of nitrogens with zero attached hydrogens (tertiary/aromatic N) is 1. The number of amidine groups is 1. The van der Waals surface area contributed by atoms with Crippen molar-refractivity contribution in [2.45, 2.75) is 38.6 Å². The van der Waals surface area contributed by atoms with E-state index in [9.17, 15) is 0 Å². The molecular formula is C14H20BrN3. The normalized spacial score (nSPS) is 14.6. The molecule has 3 nitrogen and oxygen atoms in total. The van der Waals surface area contributed by atoms with E-state index >= 15 is 0 Å². The van der Waals surface area contributed by atoms with Gasteiger partial charge >= 0.3 is 0 Å². The lowest BCUT2D eigenvalue weighted by atomic mass is 10.1. The van der Waals surface area contributed by atoms with Crippen LogP contribution in [0.5, 0.6) is 0 Å². The molecule has 0 unspecified atom stereocenters. The van der Waals surface area contributed by atoms with Gasteiger partial charge in [0, 0.05) is 28.3 Å². The molecule has 1 aliphatic rings. The number of rotatable bonds is 6. The first-order valence-electron chi connectivity index (χ1n) is 6.54. The van der Waals surface area contributed by atoms with Gasteiger partial charge in [-0.3, -0.25) is 5.41 Å². The van der Waals surface area contributed by atoms with Crippen LogP contribution in [0.15, 0.2) is 22.7 Å².